The van der Waals surface area contributed by atoms with E-state index in [1.165, 1.54) is 17.1 Å². The van der Waals surface area contributed by atoms with Crippen LogP contribution in [0.2, 0.25) is 0 Å². The van der Waals surface area contributed by atoms with Crippen molar-refractivity contribution in [2.24, 2.45) is 0 Å². The van der Waals surface area contributed by atoms with Gasteiger partial charge in [-0.2, -0.15) is 0 Å². The first-order valence-electron chi connectivity index (χ1n) is 9.65. The van der Waals surface area contributed by atoms with Crippen molar-refractivity contribution in [1.29, 1.82) is 0 Å². The molecule has 0 unspecified atom stereocenters. The van der Waals surface area contributed by atoms with Crippen molar-refractivity contribution in [1.82, 2.24) is 10.2 Å². The van der Waals surface area contributed by atoms with Gasteiger partial charge >= 0.3 is 12.1 Å². The molecule has 8 heteroatoms. The molecule has 1 N–H and O–H groups in total. The standard InChI is InChI=1S/C21H34N2O6/c1-9-10-27-19(26)23-12-15(11-16(24)13-23)22-17(14(2)28-20(3,4)5)18(25)29-21(6,7)8/h9,11,14,17,22H,1,10,12-13H2,2-8H3/t14-,17+/m1/s1. The van der Waals surface area contributed by atoms with Gasteiger partial charge in [0.1, 0.15) is 12.2 Å². The first kappa shape index (κ1) is 24.7. The van der Waals surface area contributed by atoms with E-state index in [0.29, 0.717) is 5.70 Å². The third kappa shape index (κ3) is 9.13. The molecule has 0 saturated carbocycles. The van der Waals surface area contributed by atoms with Gasteiger partial charge in [-0.1, -0.05) is 12.7 Å². The lowest BCUT2D eigenvalue weighted by atomic mass is 10.1. The normalized spacial score (nSPS) is 17.1. The number of hydrogen-bond donors (Lipinski definition) is 1. The first-order valence-corrected chi connectivity index (χ1v) is 9.65. The quantitative estimate of drug-likeness (QED) is 0.509. The second-order valence-corrected chi connectivity index (χ2v) is 8.95. The lowest BCUT2D eigenvalue weighted by molar-refractivity contribution is -0.164. The monoisotopic (exact) mass is 410 g/mol. The Morgan fingerprint density at radius 3 is 2.34 bits per heavy atom. The van der Waals surface area contributed by atoms with Crippen molar-refractivity contribution >= 4 is 17.8 Å². The fraction of sp³-hybridized carbons (Fsp3) is 0.667. The van der Waals surface area contributed by atoms with Gasteiger partial charge in [-0.05, 0) is 48.5 Å². The van der Waals surface area contributed by atoms with Gasteiger partial charge in [0, 0.05) is 11.8 Å². The summed E-state index contributed by atoms with van der Waals surface area (Å²) in [7, 11) is 0. The summed E-state index contributed by atoms with van der Waals surface area (Å²) in [5.74, 6) is -0.782. The van der Waals surface area contributed by atoms with Crippen molar-refractivity contribution in [3.05, 3.63) is 24.4 Å². The fourth-order valence-corrected chi connectivity index (χ4v) is 2.73. The van der Waals surface area contributed by atoms with Crippen LogP contribution in [0.4, 0.5) is 4.79 Å². The Kier molecular flexibility index (Phi) is 8.44. The van der Waals surface area contributed by atoms with E-state index < -0.39 is 35.4 Å². The van der Waals surface area contributed by atoms with Crippen LogP contribution >= 0.6 is 0 Å². The van der Waals surface area contributed by atoms with Crippen LogP contribution in [0.5, 0.6) is 0 Å². The molecule has 0 aromatic carbocycles. The number of nitrogens with zero attached hydrogens (tertiary/aromatic N) is 1. The lowest BCUT2D eigenvalue weighted by Gasteiger charge is -2.34. The van der Waals surface area contributed by atoms with E-state index in [4.69, 9.17) is 14.2 Å². The molecule has 0 radical (unpaired) electrons. The average Bonchev–Trinajstić information content (AvgIpc) is 2.53. The summed E-state index contributed by atoms with van der Waals surface area (Å²) < 4.78 is 16.5. The molecule has 1 amide bonds. The molecule has 1 heterocycles. The number of amides is 1. The van der Waals surface area contributed by atoms with Crippen LogP contribution in [-0.4, -0.2) is 65.8 Å². The van der Waals surface area contributed by atoms with E-state index in [-0.39, 0.29) is 25.5 Å². The molecule has 0 spiro atoms. The van der Waals surface area contributed by atoms with Crippen LogP contribution < -0.4 is 5.32 Å². The molecule has 0 bridgehead atoms. The molecule has 1 aliphatic rings. The molecule has 0 aromatic rings. The molecule has 1 aliphatic heterocycles. The number of ketones is 1. The smallest absolute Gasteiger partial charge is 0.410 e. The maximum absolute atomic E-state index is 12.8. The second-order valence-electron chi connectivity index (χ2n) is 8.95. The average molecular weight is 411 g/mol. The van der Waals surface area contributed by atoms with Crippen LogP contribution in [0.15, 0.2) is 24.4 Å². The predicted molar refractivity (Wildman–Crippen MR) is 109 cm³/mol. The van der Waals surface area contributed by atoms with Crippen molar-refractivity contribution in [3.63, 3.8) is 0 Å². The zero-order valence-electron chi connectivity index (χ0n) is 18.5. The van der Waals surface area contributed by atoms with Gasteiger partial charge in [-0.15, -0.1) is 0 Å². The summed E-state index contributed by atoms with van der Waals surface area (Å²) in [6.07, 6.45) is 1.66. The van der Waals surface area contributed by atoms with Crippen molar-refractivity contribution < 1.29 is 28.6 Å². The maximum Gasteiger partial charge on any atom is 0.410 e. The minimum atomic E-state index is -0.864. The molecule has 29 heavy (non-hydrogen) atoms. The van der Waals surface area contributed by atoms with E-state index in [1.807, 2.05) is 20.8 Å². The first-order chi connectivity index (χ1) is 13.2. The molecule has 0 fully saturated rings. The van der Waals surface area contributed by atoms with Gasteiger partial charge in [0.25, 0.3) is 0 Å². The summed E-state index contributed by atoms with van der Waals surface area (Å²) in [4.78, 5) is 38.3. The number of ether oxygens (including phenoxy) is 3. The summed E-state index contributed by atoms with van der Waals surface area (Å²) in [6.45, 7) is 16.3. The highest BCUT2D eigenvalue weighted by atomic mass is 16.6. The third-order valence-corrected chi connectivity index (χ3v) is 3.64. The summed E-state index contributed by atoms with van der Waals surface area (Å²) in [5, 5.41) is 3.04. The van der Waals surface area contributed by atoms with E-state index >= 15 is 0 Å². The maximum atomic E-state index is 12.8. The van der Waals surface area contributed by atoms with Gasteiger partial charge in [0.2, 0.25) is 0 Å². The third-order valence-electron chi connectivity index (χ3n) is 3.64. The molecule has 1 rings (SSSR count). The Morgan fingerprint density at radius 2 is 1.83 bits per heavy atom. The van der Waals surface area contributed by atoms with Crippen LogP contribution in [0.1, 0.15) is 48.5 Å². The van der Waals surface area contributed by atoms with Gasteiger partial charge in [-0.3, -0.25) is 9.69 Å². The van der Waals surface area contributed by atoms with Gasteiger partial charge in [0.05, 0.1) is 24.8 Å². The van der Waals surface area contributed by atoms with Crippen LogP contribution in [-0.2, 0) is 23.8 Å². The van der Waals surface area contributed by atoms with E-state index in [0.717, 1.165) is 0 Å². The lowest BCUT2D eigenvalue weighted by Crippen LogP contribution is -2.52. The number of carbonyl (C=O) groups excluding carboxylic acids is 3. The summed E-state index contributed by atoms with van der Waals surface area (Å²) in [5.41, 5.74) is -0.758. The fourth-order valence-electron chi connectivity index (χ4n) is 2.73. The van der Waals surface area contributed by atoms with Gasteiger partial charge in [-0.25, -0.2) is 9.59 Å². The molecule has 164 valence electrons. The van der Waals surface area contributed by atoms with E-state index in [9.17, 15) is 14.4 Å². The molecule has 0 saturated heterocycles. The number of nitrogens with one attached hydrogen (secondary N) is 1. The zero-order chi connectivity index (χ0) is 22.4. The molecule has 0 aliphatic carbocycles. The Balaban J connectivity index is 3.01. The topological polar surface area (TPSA) is 94.2 Å². The SMILES string of the molecule is C=CCOC(=O)N1CC(=O)C=C(N[C@H](C(=O)OC(C)(C)C)[C@@H](C)OC(C)(C)C)C1. The van der Waals surface area contributed by atoms with E-state index in [2.05, 4.69) is 11.9 Å². The highest BCUT2D eigenvalue weighted by Gasteiger charge is 2.34. The largest absolute Gasteiger partial charge is 0.458 e. The minimum Gasteiger partial charge on any atom is -0.458 e. The Morgan fingerprint density at radius 1 is 1.21 bits per heavy atom. The highest BCUT2D eigenvalue weighted by Crippen LogP contribution is 2.18. The number of rotatable bonds is 7. The van der Waals surface area contributed by atoms with E-state index in [1.54, 1.807) is 27.7 Å². The highest BCUT2D eigenvalue weighted by molar-refractivity contribution is 5.95. The number of esters is 1. The Hall–Kier alpha value is -2.35. The number of hydrogen-bond acceptors (Lipinski definition) is 7. The van der Waals surface area contributed by atoms with Crippen molar-refractivity contribution in [2.75, 3.05) is 19.7 Å². The Labute approximate surface area is 173 Å². The van der Waals surface area contributed by atoms with Crippen molar-refractivity contribution in [2.45, 2.75) is 71.8 Å². The molecule has 8 nitrogen and oxygen atoms in total. The molecule has 2 atom stereocenters. The van der Waals surface area contributed by atoms with Crippen LogP contribution in [0, 0.1) is 0 Å². The zero-order valence-corrected chi connectivity index (χ0v) is 18.5. The van der Waals surface area contributed by atoms with Gasteiger partial charge < -0.3 is 19.5 Å². The van der Waals surface area contributed by atoms with Crippen molar-refractivity contribution in [3.8, 4) is 0 Å². The predicted octanol–water partition coefficient (Wildman–Crippen LogP) is 2.58. The molecular weight excluding hydrogens is 376 g/mol. The Bertz CT molecular complexity index is 657. The number of carbonyl (C=O) groups is 3. The molecule has 0 aromatic heterocycles. The minimum absolute atomic E-state index is 0.0486. The summed E-state index contributed by atoms with van der Waals surface area (Å²) >= 11 is 0. The van der Waals surface area contributed by atoms with Gasteiger partial charge in [0.15, 0.2) is 11.8 Å². The van der Waals surface area contributed by atoms with Crippen LogP contribution in [0.3, 0.4) is 0 Å². The summed E-state index contributed by atoms with van der Waals surface area (Å²) in [6, 6.07) is -0.864. The second kappa shape index (κ2) is 9.91. The van der Waals surface area contributed by atoms with Crippen LogP contribution in [0.25, 0.3) is 0 Å². The molecular formula is C21H34N2O6.